The third-order valence-corrected chi connectivity index (χ3v) is 8.34. The van der Waals surface area contributed by atoms with Crippen LogP contribution in [-0.2, 0) is 9.53 Å². The molecule has 0 bridgehead atoms. The predicted molar refractivity (Wildman–Crippen MR) is 131 cm³/mol. The Bertz CT molecular complexity index is 1090. The molecule has 2 atom stereocenters. The number of fused-ring (bicyclic) bond motifs is 3. The minimum atomic E-state index is 0.0843. The van der Waals surface area contributed by atoms with E-state index in [4.69, 9.17) is 9.47 Å². The summed E-state index contributed by atoms with van der Waals surface area (Å²) >= 11 is 3.35. The average Bonchev–Trinajstić information content (AvgIpc) is 3.37. The summed E-state index contributed by atoms with van der Waals surface area (Å²) in [5.41, 5.74) is 1.04. The molecule has 2 fully saturated rings. The van der Waals surface area contributed by atoms with Crippen molar-refractivity contribution in [1.82, 2.24) is 14.8 Å². The van der Waals surface area contributed by atoms with Crippen molar-refractivity contribution < 1.29 is 14.3 Å². The van der Waals surface area contributed by atoms with Gasteiger partial charge in [0.25, 0.3) is 5.91 Å². The predicted octanol–water partition coefficient (Wildman–Crippen LogP) is 4.55. The van der Waals surface area contributed by atoms with Gasteiger partial charge in [-0.1, -0.05) is 0 Å². The van der Waals surface area contributed by atoms with E-state index in [0.29, 0.717) is 18.1 Å². The topological polar surface area (TPSA) is 54.9 Å². The molecule has 8 heteroatoms. The van der Waals surface area contributed by atoms with Crippen LogP contribution in [0.1, 0.15) is 31.7 Å². The molecule has 1 aromatic carbocycles. The fourth-order valence-corrected chi connectivity index (χ4v) is 6.93. The van der Waals surface area contributed by atoms with Gasteiger partial charge in [-0.3, -0.25) is 9.69 Å². The number of aryl methyl sites for hydroxylation is 1. The van der Waals surface area contributed by atoms with E-state index in [0.717, 1.165) is 76.6 Å². The maximum absolute atomic E-state index is 12.9. The van der Waals surface area contributed by atoms with Gasteiger partial charge in [0.05, 0.1) is 32.1 Å². The van der Waals surface area contributed by atoms with Crippen LogP contribution in [0.15, 0.2) is 17.5 Å². The van der Waals surface area contributed by atoms with Crippen molar-refractivity contribution in [2.75, 3.05) is 39.3 Å². The van der Waals surface area contributed by atoms with E-state index in [9.17, 15) is 4.79 Å². The minimum Gasteiger partial charge on any atom is -0.483 e. The van der Waals surface area contributed by atoms with E-state index in [1.807, 2.05) is 17.9 Å². The van der Waals surface area contributed by atoms with Gasteiger partial charge in [-0.2, -0.15) is 0 Å². The Morgan fingerprint density at radius 3 is 2.75 bits per heavy atom. The molecule has 2 aromatic heterocycles. The van der Waals surface area contributed by atoms with E-state index in [1.54, 1.807) is 22.7 Å². The minimum absolute atomic E-state index is 0.0843. The van der Waals surface area contributed by atoms with Crippen LogP contribution in [0.2, 0.25) is 0 Å². The number of carbonyl (C=O) groups excluding carboxylic acids is 1. The molecule has 32 heavy (non-hydrogen) atoms. The van der Waals surface area contributed by atoms with Crippen molar-refractivity contribution in [1.29, 1.82) is 0 Å². The lowest BCUT2D eigenvalue weighted by Crippen LogP contribution is -2.49. The van der Waals surface area contributed by atoms with Crippen LogP contribution >= 0.6 is 22.7 Å². The van der Waals surface area contributed by atoms with Gasteiger partial charge in [0.1, 0.15) is 5.75 Å². The molecule has 1 amide bonds. The first-order valence-corrected chi connectivity index (χ1v) is 13.2. The van der Waals surface area contributed by atoms with Gasteiger partial charge in [-0.05, 0) is 51.0 Å². The molecular formula is C24H31N3O3S2. The Labute approximate surface area is 197 Å². The standard InChI is InChI=1S/C24H31N3O3S2/c1-15-11-26(12-16(2)30-15)13-18-4-7-27(8-5-18)22(28)14-29-20-10-21-23(25-17(3)32-21)24-19(20)6-9-31-24/h6,9-10,15-16,18H,4-5,7-8,11-14H2,1-3H3. The monoisotopic (exact) mass is 473 g/mol. The fraction of sp³-hybridized carbons (Fsp3) is 0.583. The van der Waals surface area contributed by atoms with Crippen LogP contribution in [0.4, 0.5) is 0 Å². The smallest absolute Gasteiger partial charge is 0.260 e. The highest BCUT2D eigenvalue weighted by Crippen LogP contribution is 2.38. The molecule has 0 radical (unpaired) electrons. The van der Waals surface area contributed by atoms with Crippen molar-refractivity contribution in [3.05, 3.63) is 22.5 Å². The van der Waals surface area contributed by atoms with Crippen molar-refractivity contribution in [2.45, 2.75) is 45.8 Å². The number of ether oxygens (including phenoxy) is 2. The number of amides is 1. The second kappa shape index (κ2) is 9.25. The molecule has 0 saturated carbocycles. The van der Waals surface area contributed by atoms with E-state index in [-0.39, 0.29) is 12.5 Å². The van der Waals surface area contributed by atoms with E-state index in [1.165, 1.54) is 0 Å². The molecule has 0 aliphatic carbocycles. The summed E-state index contributed by atoms with van der Waals surface area (Å²) in [5, 5.41) is 4.16. The molecule has 3 aromatic rings. The van der Waals surface area contributed by atoms with Gasteiger partial charge in [0, 0.05) is 44.2 Å². The lowest BCUT2D eigenvalue weighted by Gasteiger charge is -2.39. The Hall–Kier alpha value is -1.74. The lowest BCUT2D eigenvalue weighted by molar-refractivity contribution is -0.135. The maximum atomic E-state index is 12.9. The molecule has 4 heterocycles. The Balaban J connectivity index is 1.16. The van der Waals surface area contributed by atoms with Crippen molar-refractivity contribution in [3.8, 4) is 5.75 Å². The third kappa shape index (κ3) is 4.64. The largest absolute Gasteiger partial charge is 0.483 e. The summed E-state index contributed by atoms with van der Waals surface area (Å²) in [6.45, 7) is 11.2. The number of nitrogens with zero attached hydrogens (tertiary/aromatic N) is 3. The number of benzene rings is 1. The highest BCUT2D eigenvalue weighted by molar-refractivity contribution is 7.21. The van der Waals surface area contributed by atoms with Crippen LogP contribution in [-0.4, -0.2) is 72.2 Å². The number of thiophene rings is 1. The van der Waals surface area contributed by atoms with Gasteiger partial charge in [-0.25, -0.2) is 4.98 Å². The maximum Gasteiger partial charge on any atom is 0.260 e. The van der Waals surface area contributed by atoms with Gasteiger partial charge in [-0.15, -0.1) is 22.7 Å². The van der Waals surface area contributed by atoms with Crippen LogP contribution in [0, 0.1) is 12.8 Å². The number of morpholine rings is 1. The molecule has 172 valence electrons. The molecular weight excluding hydrogens is 442 g/mol. The number of carbonyl (C=O) groups is 1. The van der Waals surface area contributed by atoms with Gasteiger partial charge >= 0.3 is 0 Å². The molecule has 0 spiro atoms. The molecule has 6 nitrogen and oxygen atoms in total. The van der Waals surface area contributed by atoms with Crippen LogP contribution in [0.25, 0.3) is 20.3 Å². The first-order chi connectivity index (χ1) is 15.5. The average molecular weight is 474 g/mol. The summed E-state index contributed by atoms with van der Waals surface area (Å²) in [5.74, 6) is 1.53. The Morgan fingerprint density at radius 1 is 1.25 bits per heavy atom. The number of hydrogen-bond acceptors (Lipinski definition) is 7. The van der Waals surface area contributed by atoms with Gasteiger partial charge < -0.3 is 14.4 Å². The van der Waals surface area contributed by atoms with E-state index >= 15 is 0 Å². The number of thiazole rings is 1. The number of likely N-dealkylation sites (tertiary alicyclic amines) is 1. The van der Waals surface area contributed by atoms with Gasteiger partial charge in [0.2, 0.25) is 0 Å². The quantitative estimate of drug-likeness (QED) is 0.544. The molecule has 5 rings (SSSR count). The zero-order valence-electron chi connectivity index (χ0n) is 19.0. The van der Waals surface area contributed by atoms with E-state index < -0.39 is 0 Å². The molecule has 2 aliphatic rings. The lowest BCUT2D eigenvalue weighted by atomic mass is 9.95. The van der Waals surface area contributed by atoms with Crippen LogP contribution < -0.4 is 4.74 Å². The first kappa shape index (κ1) is 22.1. The van der Waals surface area contributed by atoms with Crippen LogP contribution in [0.3, 0.4) is 0 Å². The Kier molecular flexibility index (Phi) is 6.38. The zero-order valence-corrected chi connectivity index (χ0v) is 20.6. The molecule has 2 unspecified atom stereocenters. The number of piperidine rings is 1. The van der Waals surface area contributed by atoms with Crippen LogP contribution in [0.5, 0.6) is 5.75 Å². The SMILES string of the molecule is Cc1nc2c(cc(OCC(=O)N3CCC(CN4CC(C)OC(C)C4)CC3)c3ccsc32)s1. The molecule has 0 N–H and O–H groups in total. The summed E-state index contributed by atoms with van der Waals surface area (Å²) in [7, 11) is 0. The third-order valence-electron chi connectivity index (χ3n) is 6.50. The summed E-state index contributed by atoms with van der Waals surface area (Å²) in [6.07, 6.45) is 2.74. The van der Waals surface area contributed by atoms with Crippen molar-refractivity contribution in [3.63, 3.8) is 0 Å². The number of rotatable bonds is 5. The normalized spacial score (nSPS) is 23.3. The summed E-state index contributed by atoms with van der Waals surface area (Å²) in [6, 6.07) is 4.10. The Morgan fingerprint density at radius 2 is 2.00 bits per heavy atom. The van der Waals surface area contributed by atoms with Gasteiger partial charge in [0.15, 0.2) is 6.61 Å². The second-order valence-corrected chi connectivity index (χ2v) is 11.4. The highest BCUT2D eigenvalue weighted by atomic mass is 32.1. The summed E-state index contributed by atoms with van der Waals surface area (Å²) < 4.78 is 14.2. The highest BCUT2D eigenvalue weighted by Gasteiger charge is 2.28. The number of aromatic nitrogens is 1. The van der Waals surface area contributed by atoms with Crippen molar-refractivity contribution in [2.24, 2.45) is 5.92 Å². The molecule has 2 aliphatic heterocycles. The second-order valence-electron chi connectivity index (χ2n) is 9.21. The zero-order chi connectivity index (χ0) is 22.2. The van der Waals surface area contributed by atoms with E-state index in [2.05, 4.69) is 35.2 Å². The molecule has 2 saturated heterocycles. The fourth-order valence-electron chi connectivity index (χ4n) is 5.10. The first-order valence-electron chi connectivity index (χ1n) is 11.5. The van der Waals surface area contributed by atoms with Crippen molar-refractivity contribution >= 4 is 48.9 Å². The number of hydrogen-bond donors (Lipinski definition) is 0. The summed E-state index contributed by atoms with van der Waals surface area (Å²) in [4.78, 5) is 22.0.